The molecule has 1 amide bonds. The standard InChI is InChI=1S/C17H21ClN4O3/c1-10-7-11(8-22(10)16(23)25-17(2,3)4)24-15-12-5-6-19-14(18)13(12)20-9-21-15/h5-6,9-11H,7-8H2,1-4H3. The van der Waals surface area contributed by atoms with Gasteiger partial charge < -0.3 is 14.4 Å². The van der Waals surface area contributed by atoms with Gasteiger partial charge in [-0.25, -0.2) is 19.7 Å². The first-order valence-electron chi connectivity index (χ1n) is 8.16. The van der Waals surface area contributed by atoms with Gasteiger partial charge in [-0.1, -0.05) is 11.6 Å². The molecular weight excluding hydrogens is 344 g/mol. The van der Waals surface area contributed by atoms with Crippen molar-refractivity contribution < 1.29 is 14.3 Å². The second-order valence-electron chi connectivity index (χ2n) is 7.13. The van der Waals surface area contributed by atoms with Crippen LogP contribution in [0.15, 0.2) is 18.6 Å². The van der Waals surface area contributed by atoms with Crippen molar-refractivity contribution in [3.8, 4) is 5.88 Å². The van der Waals surface area contributed by atoms with Crippen LogP contribution in [0.5, 0.6) is 5.88 Å². The molecule has 1 fully saturated rings. The van der Waals surface area contributed by atoms with E-state index in [1.807, 2.05) is 27.7 Å². The zero-order valence-electron chi connectivity index (χ0n) is 14.7. The van der Waals surface area contributed by atoms with Gasteiger partial charge in [0.2, 0.25) is 5.88 Å². The SMILES string of the molecule is CC1CC(Oc2ncnc3c(Cl)nccc23)CN1C(=O)OC(C)(C)C. The average Bonchev–Trinajstić information content (AvgIpc) is 2.87. The molecule has 2 aromatic heterocycles. The molecule has 8 heteroatoms. The Morgan fingerprint density at radius 1 is 1.32 bits per heavy atom. The van der Waals surface area contributed by atoms with Crippen LogP contribution in [-0.4, -0.2) is 50.2 Å². The monoisotopic (exact) mass is 364 g/mol. The van der Waals surface area contributed by atoms with E-state index in [2.05, 4.69) is 15.0 Å². The van der Waals surface area contributed by atoms with Gasteiger partial charge in [-0.15, -0.1) is 0 Å². The van der Waals surface area contributed by atoms with Crippen LogP contribution in [-0.2, 0) is 4.74 Å². The molecule has 3 heterocycles. The molecule has 0 N–H and O–H groups in total. The molecule has 134 valence electrons. The molecule has 0 bridgehead atoms. The summed E-state index contributed by atoms with van der Waals surface area (Å²) in [6.07, 6.45) is 3.18. The molecule has 2 unspecified atom stereocenters. The highest BCUT2D eigenvalue weighted by Gasteiger charge is 2.36. The van der Waals surface area contributed by atoms with Crippen LogP contribution in [0.2, 0.25) is 5.15 Å². The summed E-state index contributed by atoms with van der Waals surface area (Å²) in [5, 5.41) is 1.01. The van der Waals surface area contributed by atoms with Crippen molar-refractivity contribution in [1.82, 2.24) is 19.9 Å². The minimum atomic E-state index is -0.525. The summed E-state index contributed by atoms with van der Waals surface area (Å²) < 4.78 is 11.5. The first kappa shape index (κ1) is 17.7. The zero-order chi connectivity index (χ0) is 18.2. The van der Waals surface area contributed by atoms with Crippen LogP contribution in [0.1, 0.15) is 34.1 Å². The number of hydrogen-bond acceptors (Lipinski definition) is 6. The van der Waals surface area contributed by atoms with Crippen LogP contribution in [0, 0.1) is 0 Å². The third-order valence-electron chi connectivity index (χ3n) is 3.91. The lowest BCUT2D eigenvalue weighted by Crippen LogP contribution is -2.39. The number of pyridine rings is 1. The quantitative estimate of drug-likeness (QED) is 0.759. The Kier molecular flexibility index (Phi) is 4.69. The van der Waals surface area contributed by atoms with Crippen LogP contribution in [0.25, 0.3) is 10.9 Å². The summed E-state index contributed by atoms with van der Waals surface area (Å²) >= 11 is 6.07. The summed E-state index contributed by atoms with van der Waals surface area (Å²) in [5.74, 6) is 0.442. The molecule has 1 aliphatic rings. The molecule has 0 spiro atoms. The van der Waals surface area contributed by atoms with Gasteiger partial charge >= 0.3 is 6.09 Å². The van der Waals surface area contributed by atoms with Crippen molar-refractivity contribution in [2.24, 2.45) is 0 Å². The molecular formula is C17H21ClN4O3. The molecule has 3 rings (SSSR count). The Morgan fingerprint density at radius 3 is 2.80 bits per heavy atom. The van der Waals surface area contributed by atoms with Gasteiger partial charge in [0.05, 0.1) is 11.9 Å². The smallest absolute Gasteiger partial charge is 0.410 e. The van der Waals surface area contributed by atoms with Crippen molar-refractivity contribution in [2.75, 3.05) is 6.54 Å². The van der Waals surface area contributed by atoms with E-state index < -0.39 is 5.60 Å². The average molecular weight is 365 g/mol. The number of rotatable bonds is 2. The highest BCUT2D eigenvalue weighted by molar-refractivity contribution is 6.33. The Balaban J connectivity index is 1.75. The van der Waals surface area contributed by atoms with Crippen LogP contribution in [0.3, 0.4) is 0 Å². The van der Waals surface area contributed by atoms with Gasteiger partial charge in [-0.05, 0) is 33.8 Å². The van der Waals surface area contributed by atoms with Crippen molar-refractivity contribution in [3.63, 3.8) is 0 Å². The van der Waals surface area contributed by atoms with Crippen LogP contribution >= 0.6 is 11.6 Å². The van der Waals surface area contributed by atoms with E-state index in [0.717, 1.165) is 0 Å². The van der Waals surface area contributed by atoms with E-state index in [0.29, 0.717) is 34.9 Å². The predicted octanol–water partition coefficient (Wildman–Crippen LogP) is 3.45. The predicted molar refractivity (Wildman–Crippen MR) is 93.8 cm³/mol. The van der Waals surface area contributed by atoms with E-state index in [1.165, 1.54) is 6.33 Å². The summed E-state index contributed by atoms with van der Waals surface area (Å²) in [5.41, 5.74) is 0.0201. The summed E-state index contributed by atoms with van der Waals surface area (Å²) in [6, 6.07) is 1.79. The van der Waals surface area contributed by atoms with E-state index in [9.17, 15) is 4.79 Å². The molecule has 2 atom stereocenters. The Hall–Kier alpha value is -2.15. The number of amides is 1. The van der Waals surface area contributed by atoms with Gasteiger partial charge in [-0.3, -0.25) is 0 Å². The maximum atomic E-state index is 12.3. The molecule has 0 saturated carbocycles. The number of likely N-dealkylation sites (tertiary alicyclic amines) is 1. The highest BCUT2D eigenvalue weighted by atomic mass is 35.5. The Morgan fingerprint density at radius 2 is 2.08 bits per heavy atom. The lowest BCUT2D eigenvalue weighted by molar-refractivity contribution is 0.0224. The fourth-order valence-electron chi connectivity index (χ4n) is 2.83. The van der Waals surface area contributed by atoms with E-state index in [4.69, 9.17) is 21.1 Å². The molecule has 0 radical (unpaired) electrons. The Bertz CT molecular complexity index is 793. The number of carbonyl (C=O) groups excluding carboxylic acids is 1. The second kappa shape index (κ2) is 6.63. The lowest BCUT2D eigenvalue weighted by Gasteiger charge is -2.26. The largest absolute Gasteiger partial charge is 0.472 e. The number of aromatic nitrogens is 3. The highest BCUT2D eigenvalue weighted by Crippen LogP contribution is 2.29. The molecule has 0 aromatic carbocycles. The van der Waals surface area contributed by atoms with Crippen molar-refractivity contribution in [3.05, 3.63) is 23.7 Å². The number of halogens is 1. The summed E-state index contributed by atoms with van der Waals surface area (Å²) in [6.45, 7) is 7.98. The molecule has 1 aliphatic heterocycles. The molecule has 25 heavy (non-hydrogen) atoms. The topological polar surface area (TPSA) is 77.4 Å². The number of hydrogen-bond donors (Lipinski definition) is 0. The maximum Gasteiger partial charge on any atom is 0.410 e. The normalized spacial score (nSPS) is 20.8. The lowest BCUT2D eigenvalue weighted by atomic mass is 10.2. The van der Waals surface area contributed by atoms with Crippen molar-refractivity contribution in [2.45, 2.75) is 51.9 Å². The second-order valence-corrected chi connectivity index (χ2v) is 7.49. The van der Waals surface area contributed by atoms with Crippen molar-refractivity contribution >= 4 is 28.6 Å². The van der Waals surface area contributed by atoms with Gasteiger partial charge in [0.25, 0.3) is 0 Å². The number of carbonyl (C=O) groups is 1. The first-order valence-corrected chi connectivity index (χ1v) is 8.54. The first-order chi connectivity index (χ1) is 11.7. The number of fused-ring (bicyclic) bond motifs is 1. The van der Waals surface area contributed by atoms with Crippen molar-refractivity contribution in [1.29, 1.82) is 0 Å². The maximum absolute atomic E-state index is 12.3. The number of ether oxygens (including phenoxy) is 2. The van der Waals surface area contributed by atoms with E-state index >= 15 is 0 Å². The fourth-order valence-corrected chi connectivity index (χ4v) is 3.03. The Labute approximate surface area is 151 Å². The minimum absolute atomic E-state index is 0.0261. The third kappa shape index (κ3) is 3.92. The minimum Gasteiger partial charge on any atom is -0.472 e. The van der Waals surface area contributed by atoms with Gasteiger partial charge in [-0.2, -0.15) is 0 Å². The molecule has 7 nitrogen and oxygen atoms in total. The summed E-state index contributed by atoms with van der Waals surface area (Å²) in [7, 11) is 0. The summed E-state index contributed by atoms with van der Waals surface area (Å²) in [4.78, 5) is 26.4. The van der Waals surface area contributed by atoms with Gasteiger partial charge in [0.1, 0.15) is 23.5 Å². The van der Waals surface area contributed by atoms with E-state index in [1.54, 1.807) is 17.2 Å². The number of nitrogens with zero attached hydrogens (tertiary/aromatic N) is 4. The van der Waals surface area contributed by atoms with Crippen LogP contribution < -0.4 is 4.74 Å². The third-order valence-corrected chi connectivity index (χ3v) is 4.19. The zero-order valence-corrected chi connectivity index (χ0v) is 15.4. The van der Waals surface area contributed by atoms with Gasteiger partial charge in [0.15, 0.2) is 5.15 Å². The molecule has 2 aromatic rings. The molecule has 1 saturated heterocycles. The molecule has 0 aliphatic carbocycles. The van der Waals surface area contributed by atoms with E-state index in [-0.39, 0.29) is 18.2 Å². The fraction of sp³-hybridized carbons (Fsp3) is 0.529. The van der Waals surface area contributed by atoms with Gasteiger partial charge in [0, 0.05) is 18.7 Å². The van der Waals surface area contributed by atoms with Crippen LogP contribution in [0.4, 0.5) is 4.79 Å².